The Balaban J connectivity index is 2.26. The van der Waals surface area contributed by atoms with Crippen LogP contribution in [0, 0.1) is 6.92 Å². The Labute approximate surface area is 110 Å². The molecule has 0 aliphatic heterocycles. The van der Waals surface area contributed by atoms with Crippen LogP contribution in [0.5, 0.6) is 0 Å². The SMILES string of the molecule is Cc1cccc(N(C)C(=O)c2ccc(Cl)nn2)c1. The molecule has 0 aliphatic carbocycles. The Morgan fingerprint density at radius 3 is 2.61 bits per heavy atom. The lowest BCUT2D eigenvalue weighted by Crippen LogP contribution is -2.27. The largest absolute Gasteiger partial charge is 0.310 e. The van der Waals surface area contributed by atoms with Gasteiger partial charge in [0, 0.05) is 12.7 Å². The number of amides is 1. The molecule has 2 rings (SSSR count). The van der Waals surface area contributed by atoms with Gasteiger partial charge in [0.15, 0.2) is 10.8 Å². The predicted molar refractivity (Wildman–Crippen MR) is 71.0 cm³/mol. The van der Waals surface area contributed by atoms with Crippen molar-refractivity contribution in [2.45, 2.75) is 6.92 Å². The number of carbonyl (C=O) groups excluding carboxylic acids is 1. The first-order chi connectivity index (χ1) is 8.58. The van der Waals surface area contributed by atoms with Crippen molar-refractivity contribution in [1.29, 1.82) is 0 Å². The third kappa shape index (κ3) is 2.65. The zero-order valence-electron chi connectivity index (χ0n) is 10.1. The zero-order valence-corrected chi connectivity index (χ0v) is 10.8. The van der Waals surface area contributed by atoms with E-state index in [0.29, 0.717) is 0 Å². The molecule has 0 atom stereocenters. The second kappa shape index (κ2) is 5.14. The minimum absolute atomic E-state index is 0.218. The molecular formula is C13H12ClN3O. The topological polar surface area (TPSA) is 46.1 Å². The number of carbonyl (C=O) groups is 1. The molecule has 0 N–H and O–H groups in total. The molecule has 1 heterocycles. The summed E-state index contributed by atoms with van der Waals surface area (Å²) in [6, 6.07) is 10.8. The quantitative estimate of drug-likeness (QED) is 0.835. The van der Waals surface area contributed by atoms with Gasteiger partial charge in [-0.15, -0.1) is 10.2 Å². The van der Waals surface area contributed by atoms with Crippen molar-refractivity contribution in [3.63, 3.8) is 0 Å². The van der Waals surface area contributed by atoms with Crippen LogP contribution < -0.4 is 4.90 Å². The van der Waals surface area contributed by atoms with Gasteiger partial charge in [-0.2, -0.15) is 0 Å². The molecule has 0 fully saturated rings. The maximum absolute atomic E-state index is 12.1. The fourth-order valence-corrected chi connectivity index (χ4v) is 1.66. The minimum Gasteiger partial charge on any atom is -0.310 e. The van der Waals surface area contributed by atoms with Gasteiger partial charge in [0.05, 0.1) is 0 Å². The van der Waals surface area contributed by atoms with E-state index in [1.807, 2.05) is 31.2 Å². The fourth-order valence-electron chi connectivity index (χ4n) is 1.56. The Kier molecular flexibility index (Phi) is 3.58. The number of aryl methyl sites for hydroxylation is 1. The second-order valence-corrected chi connectivity index (χ2v) is 4.33. The number of hydrogen-bond acceptors (Lipinski definition) is 3. The molecule has 92 valence electrons. The Bertz CT molecular complexity index is 569. The summed E-state index contributed by atoms with van der Waals surface area (Å²) in [5.74, 6) is -0.218. The number of hydrogen-bond donors (Lipinski definition) is 0. The Morgan fingerprint density at radius 1 is 1.22 bits per heavy atom. The van der Waals surface area contributed by atoms with E-state index in [0.717, 1.165) is 11.3 Å². The van der Waals surface area contributed by atoms with Crippen LogP contribution in [0.4, 0.5) is 5.69 Å². The van der Waals surface area contributed by atoms with Crippen LogP contribution in [-0.4, -0.2) is 23.2 Å². The second-order valence-electron chi connectivity index (χ2n) is 3.94. The first-order valence-corrected chi connectivity index (χ1v) is 5.79. The highest BCUT2D eigenvalue weighted by Gasteiger charge is 2.15. The lowest BCUT2D eigenvalue weighted by molar-refractivity contribution is 0.0987. The monoisotopic (exact) mass is 261 g/mol. The van der Waals surface area contributed by atoms with E-state index in [4.69, 9.17) is 11.6 Å². The van der Waals surface area contributed by atoms with Crippen LogP contribution in [0.15, 0.2) is 36.4 Å². The maximum Gasteiger partial charge on any atom is 0.278 e. The summed E-state index contributed by atoms with van der Waals surface area (Å²) >= 11 is 5.64. The van der Waals surface area contributed by atoms with Crippen molar-refractivity contribution in [3.8, 4) is 0 Å². The van der Waals surface area contributed by atoms with Crippen molar-refractivity contribution in [3.05, 3.63) is 52.8 Å². The summed E-state index contributed by atoms with van der Waals surface area (Å²) in [4.78, 5) is 13.7. The van der Waals surface area contributed by atoms with Crippen LogP contribution in [0.2, 0.25) is 5.15 Å². The molecule has 1 aromatic carbocycles. The number of halogens is 1. The zero-order chi connectivity index (χ0) is 13.1. The van der Waals surface area contributed by atoms with E-state index in [-0.39, 0.29) is 16.8 Å². The molecule has 0 saturated heterocycles. The molecule has 2 aromatic rings. The van der Waals surface area contributed by atoms with Crippen molar-refractivity contribution < 1.29 is 4.79 Å². The van der Waals surface area contributed by atoms with E-state index >= 15 is 0 Å². The van der Waals surface area contributed by atoms with Crippen LogP contribution in [0.25, 0.3) is 0 Å². The highest BCUT2D eigenvalue weighted by molar-refractivity contribution is 6.29. The molecule has 4 nitrogen and oxygen atoms in total. The molecular weight excluding hydrogens is 250 g/mol. The molecule has 1 aromatic heterocycles. The van der Waals surface area contributed by atoms with Gasteiger partial charge >= 0.3 is 0 Å². The van der Waals surface area contributed by atoms with Crippen LogP contribution in [0.3, 0.4) is 0 Å². The normalized spacial score (nSPS) is 10.2. The molecule has 0 unspecified atom stereocenters. The number of benzene rings is 1. The summed E-state index contributed by atoms with van der Waals surface area (Å²) in [6.07, 6.45) is 0. The average Bonchev–Trinajstić information content (AvgIpc) is 2.38. The third-order valence-corrected chi connectivity index (χ3v) is 2.75. The van der Waals surface area contributed by atoms with Crippen LogP contribution >= 0.6 is 11.6 Å². The van der Waals surface area contributed by atoms with Gasteiger partial charge < -0.3 is 4.90 Å². The highest BCUT2D eigenvalue weighted by atomic mass is 35.5. The van der Waals surface area contributed by atoms with E-state index in [1.165, 1.54) is 4.90 Å². The number of anilines is 1. The van der Waals surface area contributed by atoms with Gasteiger partial charge in [-0.1, -0.05) is 23.7 Å². The van der Waals surface area contributed by atoms with Crippen LogP contribution in [-0.2, 0) is 0 Å². The molecule has 18 heavy (non-hydrogen) atoms. The number of aromatic nitrogens is 2. The highest BCUT2D eigenvalue weighted by Crippen LogP contribution is 2.16. The van der Waals surface area contributed by atoms with Crippen LogP contribution in [0.1, 0.15) is 16.1 Å². The number of rotatable bonds is 2. The summed E-state index contributed by atoms with van der Waals surface area (Å²) in [5, 5.41) is 7.70. The smallest absolute Gasteiger partial charge is 0.278 e. The summed E-state index contributed by atoms with van der Waals surface area (Å²) in [7, 11) is 1.70. The van der Waals surface area contributed by atoms with Gasteiger partial charge in [-0.3, -0.25) is 4.79 Å². The first-order valence-electron chi connectivity index (χ1n) is 5.42. The van der Waals surface area contributed by atoms with Gasteiger partial charge in [0.2, 0.25) is 0 Å². The minimum atomic E-state index is -0.218. The molecule has 0 radical (unpaired) electrons. The van der Waals surface area contributed by atoms with Gasteiger partial charge in [0.25, 0.3) is 5.91 Å². The van der Waals surface area contributed by atoms with Crippen molar-refractivity contribution in [2.75, 3.05) is 11.9 Å². The van der Waals surface area contributed by atoms with Crippen molar-refractivity contribution in [1.82, 2.24) is 10.2 Å². The van der Waals surface area contributed by atoms with E-state index < -0.39 is 0 Å². The first kappa shape index (κ1) is 12.5. The van der Waals surface area contributed by atoms with Gasteiger partial charge in [-0.05, 0) is 36.8 Å². The molecule has 0 bridgehead atoms. The van der Waals surface area contributed by atoms with E-state index in [1.54, 1.807) is 19.2 Å². The summed E-state index contributed by atoms with van der Waals surface area (Å²) in [6.45, 7) is 1.98. The fraction of sp³-hybridized carbons (Fsp3) is 0.154. The summed E-state index contributed by atoms with van der Waals surface area (Å²) in [5.41, 5.74) is 2.18. The standard InChI is InChI=1S/C13H12ClN3O/c1-9-4-3-5-10(8-9)17(2)13(18)11-6-7-12(14)16-15-11/h3-8H,1-2H3. The van der Waals surface area contributed by atoms with Crippen molar-refractivity contribution >= 4 is 23.2 Å². The predicted octanol–water partition coefficient (Wildman–Crippen LogP) is 2.72. The Morgan fingerprint density at radius 2 is 2.00 bits per heavy atom. The van der Waals surface area contributed by atoms with Gasteiger partial charge in [0.1, 0.15) is 0 Å². The van der Waals surface area contributed by atoms with Crippen molar-refractivity contribution in [2.24, 2.45) is 0 Å². The average molecular weight is 262 g/mol. The lowest BCUT2D eigenvalue weighted by atomic mass is 10.2. The number of nitrogens with zero attached hydrogens (tertiary/aromatic N) is 3. The lowest BCUT2D eigenvalue weighted by Gasteiger charge is -2.16. The third-order valence-electron chi connectivity index (χ3n) is 2.54. The summed E-state index contributed by atoms with van der Waals surface area (Å²) < 4.78 is 0. The van der Waals surface area contributed by atoms with Gasteiger partial charge in [-0.25, -0.2) is 0 Å². The maximum atomic E-state index is 12.1. The molecule has 5 heteroatoms. The molecule has 0 spiro atoms. The Hall–Kier alpha value is -1.94. The molecule has 0 aliphatic rings. The van der Waals surface area contributed by atoms with E-state index in [2.05, 4.69) is 10.2 Å². The molecule has 1 amide bonds. The molecule has 0 saturated carbocycles. The van der Waals surface area contributed by atoms with E-state index in [9.17, 15) is 4.79 Å².